The lowest BCUT2D eigenvalue weighted by Crippen LogP contribution is -2.30. The smallest absolute Gasteiger partial charge is 0.306 e. The van der Waals surface area contributed by atoms with Gasteiger partial charge in [-0.05, 0) is 32.6 Å². The van der Waals surface area contributed by atoms with Crippen LogP contribution in [0.4, 0.5) is 0 Å². The van der Waals surface area contributed by atoms with Gasteiger partial charge in [0.15, 0.2) is 4.93 Å². The van der Waals surface area contributed by atoms with E-state index < -0.39 is 0 Å². The van der Waals surface area contributed by atoms with E-state index in [2.05, 4.69) is 27.7 Å². The van der Waals surface area contributed by atoms with Crippen LogP contribution >= 0.6 is 11.8 Å². The second-order valence-electron chi connectivity index (χ2n) is 6.06. The summed E-state index contributed by atoms with van der Waals surface area (Å²) in [6.07, 6.45) is 11.2. The number of esters is 1. The molecule has 0 fully saturated rings. The molecule has 0 aliphatic heterocycles. The van der Waals surface area contributed by atoms with Gasteiger partial charge in [-0.15, -0.1) is 11.8 Å². The highest BCUT2D eigenvalue weighted by Gasteiger charge is 2.31. The molecule has 0 aromatic heterocycles. The maximum atomic E-state index is 11.8. The van der Waals surface area contributed by atoms with Crippen molar-refractivity contribution >= 4 is 17.7 Å². The number of carbonyl (C=O) groups is 1. The van der Waals surface area contributed by atoms with Crippen molar-refractivity contribution in [2.45, 2.75) is 109 Å². The molecular weight excluding hydrogens is 280 g/mol. The Balaban J connectivity index is 4.55. The lowest BCUT2D eigenvalue weighted by atomic mass is 10.1. The molecule has 2 atom stereocenters. The largest absolute Gasteiger partial charge is 0.448 e. The molecule has 0 N–H and O–H groups in total. The summed E-state index contributed by atoms with van der Waals surface area (Å²) in [5, 5.41) is 0.604. The SMILES string of the molecule is CCCCCC(CC)SC(C)(CCCCC)OC(=O)CC. The minimum atomic E-state index is -0.338. The Morgan fingerprint density at radius 1 is 1.05 bits per heavy atom. The van der Waals surface area contributed by atoms with Crippen molar-refractivity contribution in [3.8, 4) is 0 Å². The van der Waals surface area contributed by atoms with Crippen molar-refractivity contribution in [1.29, 1.82) is 0 Å². The lowest BCUT2D eigenvalue weighted by Gasteiger charge is -2.32. The van der Waals surface area contributed by atoms with E-state index in [0.717, 1.165) is 19.3 Å². The third-order valence-electron chi connectivity index (χ3n) is 3.85. The molecule has 2 nitrogen and oxygen atoms in total. The molecule has 126 valence electrons. The van der Waals surface area contributed by atoms with Gasteiger partial charge in [0.1, 0.15) is 0 Å². The molecule has 0 saturated heterocycles. The predicted molar refractivity (Wildman–Crippen MR) is 94.7 cm³/mol. The summed E-state index contributed by atoms with van der Waals surface area (Å²) in [5.74, 6) is -0.0649. The molecule has 0 bridgehead atoms. The molecule has 0 saturated carbocycles. The van der Waals surface area contributed by atoms with Crippen molar-refractivity contribution in [1.82, 2.24) is 0 Å². The van der Waals surface area contributed by atoms with Crippen molar-refractivity contribution in [2.24, 2.45) is 0 Å². The van der Waals surface area contributed by atoms with E-state index in [1.807, 2.05) is 18.7 Å². The van der Waals surface area contributed by atoms with E-state index in [-0.39, 0.29) is 10.9 Å². The first-order valence-electron chi connectivity index (χ1n) is 8.90. The maximum absolute atomic E-state index is 11.8. The summed E-state index contributed by atoms with van der Waals surface area (Å²) in [6, 6.07) is 0. The minimum absolute atomic E-state index is 0.0649. The molecule has 0 aromatic carbocycles. The molecule has 0 amide bonds. The van der Waals surface area contributed by atoms with Crippen molar-refractivity contribution in [3.05, 3.63) is 0 Å². The lowest BCUT2D eigenvalue weighted by molar-refractivity contribution is -0.150. The third-order valence-corrected chi connectivity index (χ3v) is 5.54. The van der Waals surface area contributed by atoms with Gasteiger partial charge in [0.25, 0.3) is 0 Å². The van der Waals surface area contributed by atoms with Gasteiger partial charge in [0.05, 0.1) is 0 Å². The quantitative estimate of drug-likeness (QED) is 0.226. The number of thioether (sulfide) groups is 1. The normalized spacial score (nSPS) is 15.5. The number of hydrogen-bond acceptors (Lipinski definition) is 3. The van der Waals surface area contributed by atoms with Gasteiger partial charge in [-0.25, -0.2) is 0 Å². The average Bonchev–Trinajstić information content (AvgIpc) is 2.46. The fourth-order valence-corrected chi connectivity index (χ4v) is 4.02. The molecule has 3 heteroatoms. The minimum Gasteiger partial charge on any atom is -0.448 e. The molecule has 0 aliphatic rings. The first-order chi connectivity index (χ1) is 10.0. The zero-order valence-corrected chi connectivity index (χ0v) is 15.7. The molecular formula is C18H36O2S. The number of rotatable bonds is 13. The van der Waals surface area contributed by atoms with Gasteiger partial charge >= 0.3 is 5.97 Å². The van der Waals surface area contributed by atoms with E-state index in [4.69, 9.17) is 4.74 Å². The van der Waals surface area contributed by atoms with E-state index in [9.17, 15) is 4.79 Å². The monoisotopic (exact) mass is 316 g/mol. The zero-order valence-electron chi connectivity index (χ0n) is 14.9. The molecule has 0 radical (unpaired) electrons. The van der Waals surface area contributed by atoms with Crippen LogP contribution in [0.3, 0.4) is 0 Å². The highest BCUT2D eigenvalue weighted by atomic mass is 32.2. The Kier molecular flexibility index (Phi) is 12.3. The van der Waals surface area contributed by atoms with Crippen molar-refractivity contribution < 1.29 is 9.53 Å². The van der Waals surface area contributed by atoms with Crippen molar-refractivity contribution in [3.63, 3.8) is 0 Å². The van der Waals surface area contributed by atoms with Crippen LogP contribution in [0, 0.1) is 0 Å². The number of ether oxygens (including phenoxy) is 1. The van der Waals surface area contributed by atoms with Crippen LogP contribution in [-0.4, -0.2) is 16.2 Å². The molecule has 0 rings (SSSR count). The third kappa shape index (κ3) is 10.2. The fraction of sp³-hybridized carbons (Fsp3) is 0.944. The van der Waals surface area contributed by atoms with Crippen LogP contribution in [-0.2, 0) is 9.53 Å². The average molecular weight is 317 g/mol. The summed E-state index contributed by atoms with van der Waals surface area (Å²) < 4.78 is 5.80. The Labute approximate surface area is 136 Å². The zero-order chi connectivity index (χ0) is 16.1. The van der Waals surface area contributed by atoms with Crippen LogP contribution in [0.5, 0.6) is 0 Å². The molecule has 0 heterocycles. The Morgan fingerprint density at radius 2 is 1.67 bits per heavy atom. The second kappa shape index (κ2) is 12.4. The summed E-state index contributed by atoms with van der Waals surface area (Å²) in [4.78, 5) is 11.4. The Bertz CT molecular complexity index is 268. The van der Waals surface area contributed by atoms with Gasteiger partial charge in [0, 0.05) is 11.7 Å². The van der Waals surface area contributed by atoms with Crippen LogP contribution < -0.4 is 0 Å². The molecule has 0 aromatic rings. The van der Waals surface area contributed by atoms with E-state index in [1.54, 1.807) is 0 Å². The number of unbranched alkanes of at least 4 members (excludes halogenated alkanes) is 4. The summed E-state index contributed by atoms with van der Waals surface area (Å²) >= 11 is 1.89. The molecule has 2 unspecified atom stereocenters. The first-order valence-corrected chi connectivity index (χ1v) is 9.78. The molecule has 0 spiro atoms. The second-order valence-corrected chi connectivity index (χ2v) is 7.83. The van der Waals surface area contributed by atoms with Crippen LogP contribution in [0.15, 0.2) is 0 Å². The highest BCUT2D eigenvalue weighted by molar-refractivity contribution is 8.01. The topological polar surface area (TPSA) is 26.3 Å². The maximum Gasteiger partial charge on any atom is 0.306 e. The number of hydrogen-bond donors (Lipinski definition) is 0. The van der Waals surface area contributed by atoms with Gasteiger partial charge < -0.3 is 4.74 Å². The van der Waals surface area contributed by atoms with Crippen molar-refractivity contribution in [2.75, 3.05) is 0 Å². The summed E-state index contributed by atoms with van der Waals surface area (Å²) in [6.45, 7) is 10.7. The Morgan fingerprint density at radius 3 is 2.19 bits per heavy atom. The van der Waals surface area contributed by atoms with Gasteiger partial charge in [-0.1, -0.05) is 59.8 Å². The van der Waals surface area contributed by atoms with Crippen LogP contribution in [0.25, 0.3) is 0 Å². The first kappa shape index (κ1) is 20.8. The van der Waals surface area contributed by atoms with E-state index in [0.29, 0.717) is 11.7 Å². The Hall–Kier alpha value is -0.180. The standard InChI is InChI=1S/C18H36O2S/c1-6-10-12-14-16(8-3)21-18(5,15-13-11-7-2)20-17(19)9-4/h16H,6-15H2,1-5H3. The predicted octanol–water partition coefficient (Wildman–Crippen LogP) is 6.33. The van der Waals surface area contributed by atoms with Crippen LogP contribution in [0.2, 0.25) is 0 Å². The van der Waals surface area contributed by atoms with Crippen LogP contribution in [0.1, 0.15) is 98.8 Å². The van der Waals surface area contributed by atoms with Gasteiger partial charge in [0.2, 0.25) is 0 Å². The molecule has 21 heavy (non-hydrogen) atoms. The number of carbonyl (C=O) groups excluding carboxylic acids is 1. The summed E-state index contributed by atoms with van der Waals surface area (Å²) in [7, 11) is 0. The van der Waals surface area contributed by atoms with E-state index in [1.165, 1.54) is 38.5 Å². The molecule has 0 aliphatic carbocycles. The van der Waals surface area contributed by atoms with Gasteiger partial charge in [-0.2, -0.15) is 0 Å². The van der Waals surface area contributed by atoms with Gasteiger partial charge in [-0.3, -0.25) is 4.79 Å². The van der Waals surface area contributed by atoms with E-state index >= 15 is 0 Å². The highest BCUT2D eigenvalue weighted by Crippen LogP contribution is 2.38. The fourth-order valence-electron chi connectivity index (χ4n) is 2.46. The summed E-state index contributed by atoms with van der Waals surface area (Å²) in [5.41, 5.74) is 0.